The van der Waals surface area contributed by atoms with E-state index in [-0.39, 0.29) is 24.3 Å². The number of aliphatic hydroxyl groups excluding tert-OH is 1. The molecule has 0 heterocycles. The van der Waals surface area contributed by atoms with Gasteiger partial charge in [0.2, 0.25) is 5.91 Å². The van der Waals surface area contributed by atoms with E-state index in [4.69, 9.17) is 5.11 Å². The first kappa shape index (κ1) is 13.9. The van der Waals surface area contributed by atoms with Crippen LogP contribution in [0.3, 0.4) is 0 Å². The van der Waals surface area contributed by atoms with E-state index in [1.165, 1.54) is 19.3 Å². The summed E-state index contributed by atoms with van der Waals surface area (Å²) in [5, 5.41) is 20.7. The van der Waals surface area contributed by atoms with E-state index in [2.05, 4.69) is 5.32 Å². The number of carboxylic acid groups (broad SMARTS) is 1. The Balaban J connectivity index is 1.56. The number of hydrogen-bond donors (Lipinski definition) is 3. The highest BCUT2D eigenvalue weighted by Gasteiger charge is 2.54. The smallest absolute Gasteiger partial charge is 0.332 e. The van der Waals surface area contributed by atoms with Gasteiger partial charge < -0.3 is 15.5 Å². The molecule has 0 radical (unpaired) electrons. The molecule has 3 N–H and O–H groups in total. The van der Waals surface area contributed by atoms with Crippen LogP contribution in [0.2, 0.25) is 0 Å². The maximum Gasteiger partial charge on any atom is 0.332 e. The molecule has 5 heteroatoms. The molecule has 1 atom stereocenters. The second-order valence-corrected chi connectivity index (χ2v) is 7.10. The highest BCUT2D eigenvalue weighted by Crippen LogP contribution is 2.60. The fraction of sp³-hybridized carbons (Fsp3) is 0.867. The number of amides is 1. The average Bonchev–Trinajstić information content (AvgIpc) is 2.36. The number of aliphatic carboxylic acids is 1. The van der Waals surface area contributed by atoms with Gasteiger partial charge in [0.15, 0.2) is 6.10 Å². The molecule has 0 aromatic carbocycles. The van der Waals surface area contributed by atoms with Gasteiger partial charge in [0.1, 0.15) is 0 Å². The van der Waals surface area contributed by atoms with Crippen molar-refractivity contribution in [3.63, 3.8) is 0 Å². The molecule has 5 nitrogen and oxygen atoms in total. The summed E-state index contributed by atoms with van der Waals surface area (Å²) in [6, 6.07) is 0. The van der Waals surface area contributed by atoms with Crippen LogP contribution in [0, 0.1) is 23.2 Å². The van der Waals surface area contributed by atoms with E-state index in [9.17, 15) is 14.7 Å². The minimum atomic E-state index is -1.38. The number of aliphatic hydroxyl groups is 1. The Bertz CT molecular complexity index is 385. The van der Waals surface area contributed by atoms with E-state index in [1.54, 1.807) is 0 Å². The zero-order valence-electron chi connectivity index (χ0n) is 11.7. The molecule has 4 saturated carbocycles. The third-order valence-electron chi connectivity index (χ3n) is 5.51. The summed E-state index contributed by atoms with van der Waals surface area (Å²) < 4.78 is 0. The summed E-state index contributed by atoms with van der Waals surface area (Å²) in [6.45, 7) is 0.244. The number of rotatable bonds is 5. The van der Waals surface area contributed by atoms with Crippen molar-refractivity contribution in [1.29, 1.82) is 0 Å². The van der Waals surface area contributed by atoms with Crippen molar-refractivity contribution in [3.05, 3.63) is 0 Å². The van der Waals surface area contributed by atoms with Gasteiger partial charge in [0.05, 0.1) is 0 Å². The second-order valence-electron chi connectivity index (χ2n) is 7.10. The lowest BCUT2D eigenvalue weighted by atomic mass is 9.49. The molecule has 4 fully saturated rings. The largest absolute Gasteiger partial charge is 0.479 e. The summed E-state index contributed by atoms with van der Waals surface area (Å²) >= 11 is 0. The van der Waals surface area contributed by atoms with Crippen molar-refractivity contribution in [2.75, 3.05) is 6.54 Å². The summed E-state index contributed by atoms with van der Waals surface area (Å²) in [5.41, 5.74) is -0.192. The fourth-order valence-electron chi connectivity index (χ4n) is 5.02. The minimum absolute atomic E-state index is 0.0768. The molecule has 0 aromatic heterocycles. The lowest BCUT2D eigenvalue weighted by Crippen LogP contribution is -2.53. The van der Waals surface area contributed by atoms with Crippen LogP contribution in [0.5, 0.6) is 0 Å². The van der Waals surface area contributed by atoms with Gasteiger partial charge in [-0.15, -0.1) is 0 Å². The van der Waals surface area contributed by atoms with Crippen LogP contribution in [0.4, 0.5) is 0 Å². The van der Waals surface area contributed by atoms with Crippen molar-refractivity contribution in [3.8, 4) is 0 Å². The number of hydrogen-bond acceptors (Lipinski definition) is 3. The molecule has 0 aromatic rings. The standard InChI is InChI=1S/C15H23NO4/c17-12(13(18)19)1-2-16-14(20)15-6-9-3-10(7-15)5-11(4-9)8-15/h9-12,17H,1-8H2,(H,16,20)(H,18,19)/t9?,10?,11?,12-,15?/m0/s1. The van der Waals surface area contributed by atoms with E-state index in [0.717, 1.165) is 37.0 Å². The molecule has 0 unspecified atom stereocenters. The lowest BCUT2D eigenvalue weighted by molar-refractivity contribution is -0.149. The number of carbonyl (C=O) groups is 2. The molecule has 4 aliphatic carbocycles. The molecule has 4 rings (SSSR count). The summed E-state index contributed by atoms with van der Waals surface area (Å²) in [5.74, 6) is 1.02. The first-order valence-electron chi connectivity index (χ1n) is 7.68. The first-order valence-corrected chi connectivity index (χ1v) is 7.68. The Kier molecular flexibility index (Phi) is 3.48. The lowest BCUT2D eigenvalue weighted by Gasteiger charge is -2.55. The Morgan fingerprint density at radius 3 is 2.05 bits per heavy atom. The summed E-state index contributed by atoms with van der Waals surface area (Å²) in [7, 11) is 0. The van der Waals surface area contributed by atoms with Crippen LogP contribution in [0.25, 0.3) is 0 Å². The van der Waals surface area contributed by atoms with E-state index in [0.29, 0.717) is 0 Å². The Labute approximate surface area is 118 Å². The molecule has 4 aliphatic rings. The van der Waals surface area contributed by atoms with Crippen molar-refractivity contribution in [2.24, 2.45) is 23.2 Å². The molecular formula is C15H23NO4. The Morgan fingerprint density at radius 1 is 1.10 bits per heavy atom. The van der Waals surface area contributed by atoms with Crippen LogP contribution in [-0.4, -0.2) is 34.7 Å². The molecule has 1 amide bonds. The van der Waals surface area contributed by atoms with Gasteiger partial charge in [-0.3, -0.25) is 4.79 Å². The molecule has 0 spiro atoms. The fourth-order valence-corrected chi connectivity index (χ4v) is 5.02. The van der Waals surface area contributed by atoms with Gasteiger partial charge in [-0.2, -0.15) is 0 Å². The van der Waals surface area contributed by atoms with E-state index in [1.807, 2.05) is 0 Å². The minimum Gasteiger partial charge on any atom is -0.479 e. The summed E-state index contributed by atoms with van der Waals surface area (Å²) in [4.78, 5) is 23.0. The molecule has 0 saturated heterocycles. The van der Waals surface area contributed by atoms with Gasteiger partial charge in [-0.1, -0.05) is 0 Å². The number of carbonyl (C=O) groups excluding carboxylic acids is 1. The van der Waals surface area contributed by atoms with Crippen LogP contribution < -0.4 is 5.32 Å². The average molecular weight is 281 g/mol. The third kappa shape index (κ3) is 2.43. The number of nitrogens with one attached hydrogen (secondary N) is 1. The van der Waals surface area contributed by atoms with Crippen LogP contribution >= 0.6 is 0 Å². The SMILES string of the molecule is O=C(O)[C@@H](O)CCNC(=O)C12CC3CC(CC(C3)C1)C2. The van der Waals surface area contributed by atoms with Gasteiger partial charge in [-0.05, 0) is 56.3 Å². The predicted molar refractivity (Wildman–Crippen MR) is 71.9 cm³/mol. The molecular weight excluding hydrogens is 258 g/mol. The van der Waals surface area contributed by atoms with Crippen molar-refractivity contribution in [1.82, 2.24) is 5.32 Å². The third-order valence-corrected chi connectivity index (χ3v) is 5.51. The second kappa shape index (κ2) is 5.02. The van der Waals surface area contributed by atoms with Crippen LogP contribution in [0.1, 0.15) is 44.9 Å². The molecule has 4 bridgehead atoms. The summed E-state index contributed by atoms with van der Waals surface area (Å²) in [6.07, 6.45) is 5.60. The monoisotopic (exact) mass is 281 g/mol. The first-order chi connectivity index (χ1) is 9.48. The van der Waals surface area contributed by atoms with Crippen molar-refractivity contribution in [2.45, 2.75) is 51.0 Å². The normalized spacial score (nSPS) is 39.5. The van der Waals surface area contributed by atoms with E-state index >= 15 is 0 Å². The van der Waals surface area contributed by atoms with Crippen molar-refractivity contribution >= 4 is 11.9 Å². The van der Waals surface area contributed by atoms with E-state index < -0.39 is 12.1 Å². The van der Waals surface area contributed by atoms with Gasteiger partial charge in [0, 0.05) is 18.4 Å². The predicted octanol–water partition coefficient (Wildman–Crippen LogP) is 1.15. The quantitative estimate of drug-likeness (QED) is 0.705. The van der Waals surface area contributed by atoms with Crippen LogP contribution in [-0.2, 0) is 9.59 Å². The van der Waals surface area contributed by atoms with Crippen LogP contribution in [0.15, 0.2) is 0 Å². The molecule has 0 aliphatic heterocycles. The number of carboxylic acids is 1. The van der Waals surface area contributed by atoms with Crippen molar-refractivity contribution < 1.29 is 19.8 Å². The zero-order valence-corrected chi connectivity index (χ0v) is 11.7. The highest BCUT2D eigenvalue weighted by atomic mass is 16.4. The maximum atomic E-state index is 12.5. The topological polar surface area (TPSA) is 86.6 Å². The zero-order chi connectivity index (χ0) is 14.3. The maximum absolute atomic E-state index is 12.5. The van der Waals surface area contributed by atoms with Gasteiger partial charge in [-0.25, -0.2) is 4.79 Å². The Morgan fingerprint density at radius 2 is 1.60 bits per heavy atom. The molecule has 20 heavy (non-hydrogen) atoms. The van der Waals surface area contributed by atoms with Gasteiger partial charge >= 0.3 is 5.97 Å². The molecule has 112 valence electrons. The Hall–Kier alpha value is -1.10. The van der Waals surface area contributed by atoms with Gasteiger partial charge in [0.25, 0.3) is 0 Å². The highest BCUT2D eigenvalue weighted by molar-refractivity contribution is 5.83.